The van der Waals surface area contributed by atoms with E-state index in [1.807, 2.05) is 60.7 Å². The smallest absolute Gasteiger partial charge is 0.331 e. The third kappa shape index (κ3) is 7.29. The lowest BCUT2D eigenvalue weighted by atomic mass is 10.1. The maximum absolute atomic E-state index is 12.4. The summed E-state index contributed by atoms with van der Waals surface area (Å²) in [5, 5.41) is 0. The predicted octanol–water partition coefficient (Wildman–Crippen LogP) is 5.25. The Morgan fingerprint density at radius 1 is 0.781 bits per heavy atom. The molecule has 3 rings (SSSR count). The molecule has 0 aliphatic heterocycles. The molecule has 0 radical (unpaired) electrons. The first-order valence-corrected chi connectivity index (χ1v) is 10.1. The molecule has 0 saturated carbocycles. The molecule has 0 amide bonds. The molecule has 32 heavy (non-hydrogen) atoms. The number of methoxy groups -OCH3 is 1. The standard InChI is InChI=1S/C27H24O5/c1-30-24-14-8-13-23(19-24)25(32-27(29)18-16-22-11-6-3-7-12-22)20-31-26(28)17-15-21-9-4-2-5-10-21/h2-19,25H,20H2,1H3/b17-15+,18-16+/t25-/m0/s1. The number of carbonyl (C=O) groups is 2. The largest absolute Gasteiger partial charge is 0.497 e. The zero-order chi connectivity index (χ0) is 22.6. The van der Waals surface area contributed by atoms with Gasteiger partial charge in [-0.25, -0.2) is 9.59 Å². The molecule has 5 nitrogen and oxygen atoms in total. The maximum atomic E-state index is 12.4. The molecule has 0 unspecified atom stereocenters. The van der Waals surface area contributed by atoms with Crippen LogP contribution in [0.15, 0.2) is 97.1 Å². The van der Waals surface area contributed by atoms with Crippen LogP contribution in [0.2, 0.25) is 0 Å². The summed E-state index contributed by atoms with van der Waals surface area (Å²) in [5.74, 6) is -0.464. The molecule has 0 aromatic heterocycles. The Labute approximate surface area is 187 Å². The van der Waals surface area contributed by atoms with Gasteiger partial charge in [-0.1, -0.05) is 72.8 Å². The average Bonchev–Trinajstić information content (AvgIpc) is 2.85. The Balaban J connectivity index is 1.67. The number of esters is 2. The molecule has 0 aliphatic rings. The Hall–Kier alpha value is -4.12. The van der Waals surface area contributed by atoms with Crippen LogP contribution in [0.5, 0.6) is 5.75 Å². The van der Waals surface area contributed by atoms with Crippen LogP contribution in [0.3, 0.4) is 0 Å². The number of hydrogen-bond donors (Lipinski definition) is 0. The highest BCUT2D eigenvalue weighted by Crippen LogP contribution is 2.23. The van der Waals surface area contributed by atoms with E-state index in [1.54, 1.807) is 43.5 Å². The third-order valence-corrected chi connectivity index (χ3v) is 4.52. The van der Waals surface area contributed by atoms with Gasteiger partial charge in [0.05, 0.1) is 7.11 Å². The summed E-state index contributed by atoms with van der Waals surface area (Å²) >= 11 is 0. The molecule has 0 aliphatic carbocycles. The fraction of sp³-hybridized carbons (Fsp3) is 0.111. The summed E-state index contributed by atoms with van der Waals surface area (Å²) in [4.78, 5) is 24.6. The first-order valence-electron chi connectivity index (χ1n) is 10.1. The van der Waals surface area contributed by atoms with E-state index in [-0.39, 0.29) is 6.61 Å². The van der Waals surface area contributed by atoms with Crippen LogP contribution in [0, 0.1) is 0 Å². The number of hydrogen-bond acceptors (Lipinski definition) is 5. The third-order valence-electron chi connectivity index (χ3n) is 4.52. The van der Waals surface area contributed by atoms with E-state index in [9.17, 15) is 9.59 Å². The van der Waals surface area contributed by atoms with Crippen LogP contribution < -0.4 is 4.74 Å². The molecule has 0 N–H and O–H groups in total. The van der Waals surface area contributed by atoms with Crippen molar-refractivity contribution in [2.45, 2.75) is 6.10 Å². The van der Waals surface area contributed by atoms with Crippen LogP contribution in [-0.4, -0.2) is 25.7 Å². The Kier molecular flexibility index (Phi) is 8.40. The van der Waals surface area contributed by atoms with E-state index in [1.165, 1.54) is 12.2 Å². The van der Waals surface area contributed by atoms with Crippen molar-refractivity contribution >= 4 is 24.1 Å². The fourth-order valence-corrected chi connectivity index (χ4v) is 2.88. The Morgan fingerprint density at radius 3 is 1.97 bits per heavy atom. The topological polar surface area (TPSA) is 61.8 Å². The van der Waals surface area contributed by atoms with Crippen molar-refractivity contribution in [3.05, 3.63) is 114 Å². The van der Waals surface area contributed by atoms with E-state index < -0.39 is 18.0 Å². The minimum atomic E-state index is -0.785. The molecule has 0 bridgehead atoms. The second-order valence-electron chi connectivity index (χ2n) is 6.82. The van der Waals surface area contributed by atoms with Gasteiger partial charge in [0.1, 0.15) is 12.4 Å². The van der Waals surface area contributed by atoms with Crippen LogP contribution in [0.1, 0.15) is 22.8 Å². The van der Waals surface area contributed by atoms with Gasteiger partial charge in [0.15, 0.2) is 6.10 Å². The number of ether oxygens (including phenoxy) is 3. The van der Waals surface area contributed by atoms with E-state index in [0.29, 0.717) is 11.3 Å². The molecule has 0 spiro atoms. The summed E-state index contributed by atoms with van der Waals surface area (Å²) in [7, 11) is 1.55. The van der Waals surface area contributed by atoms with E-state index in [2.05, 4.69) is 0 Å². The van der Waals surface area contributed by atoms with Gasteiger partial charge in [-0.2, -0.15) is 0 Å². The predicted molar refractivity (Wildman–Crippen MR) is 124 cm³/mol. The molecule has 5 heteroatoms. The lowest BCUT2D eigenvalue weighted by Gasteiger charge is -2.18. The molecular weight excluding hydrogens is 404 g/mol. The summed E-state index contributed by atoms with van der Waals surface area (Å²) in [5.41, 5.74) is 2.41. The first kappa shape index (κ1) is 22.6. The van der Waals surface area contributed by atoms with Gasteiger partial charge >= 0.3 is 11.9 Å². The van der Waals surface area contributed by atoms with Crippen molar-refractivity contribution in [3.8, 4) is 5.75 Å². The van der Waals surface area contributed by atoms with Crippen molar-refractivity contribution < 1.29 is 23.8 Å². The summed E-state index contributed by atoms with van der Waals surface area (Å²) < 4.78 is 16.2. The van der Waals surface area contributed by atoms with Gasteiger partial charge in [0.2, 0.25) is 0 Å². The zero-order valence-corrected chi connectivity index (χ0v) is 17.7. The highest BCUT2D eigenvalue weighted by Gasteiger charge is 2.18. The Morgan fingerprint density at radius 2 is 1.38 bits per heavy atom. The van der Waals surface area contributed by atoms with Gasteiger partial charge in [-0.05, 0) is 41.0 Å². The molecule has 3 aromatic rings. The molecule has 0 saturated heterocycles. The molecule has 0 fully saturated rings. The van der Waals surface area contributed by atoms with Gasteiger partial charge in [-0.3, -0.25) is 0 Å². The van der Waals surface area contributed by atoms with E-state index in [0.717, 1.165) is 11.1 Å². The lowest BCUT2D eigenvalue weighted by Crippen LogP contribution is -2.17. The van der Waals surface area contributed by atoms with Crippen LogP contribution in [0.4, 0.5) is 0 Å². The SMILES string of the molecule is COc1cccc([C@H](COC(=O)/C=C/c2ccccc2)OC(=O)/C=C/c2ccccc2)c1. The van der Waals surface area contributed by atoms with Gasteiger partial charge in [-0.15, -0.1) is 0 Å². The van der Waals surface area contributed by atoms with Gasteiger partial charge in [0, 0.05) is 12.2 Å². The summed E-state index contributed by atoms with van der Waals surface area (Å²) in [6, 6.07) is 25.9. The highest BCUT2D eigenvalue weighted by molar-refractivity contribution is 5.88. The normalized spacial score (nSPS) is 11.9. The second kappa shape index (κ2) is 11.9. The summed E-state index contributed by atoms with van der Waals surface area (Å²) in [6.45, 7) is -0.129. The number of benzene rings is 3. The zero-order valence-electron chi connectivity index (χ0n) is 17.7. The lowest BCUT2D eigenvalue weighted by molar-refractivity contribution is -0.153. The van der Waals surface area contributed by atoms with Crippen molar-refractivity contribution in [2.24, 2.45) is 0 Å². The van der Waals surface area contributed by atoms with Crippen molar-refractivity contribution in [3.63, 3.8) is 0 Å². The molecular formula is C27H24O5. The molecule has 0 heterocycles. The van der Waals surface area contributed by atoms with E-state index >= 15 is 0 Å². The maximum Gasteiger partial charge on any atom is 0.331 e. The number of rotatable bonds is 9. The van der Waals surface area contributed by atoms with Crippen molar-refractivity contribution in [1.29, 1.82) is 0 Å². The highest BCUT2D eigenvalue weighted by atomic mass is 16.6. The van der Waals surface area contributed by atoms with Crippen LogP contribution >= 0.6 is 0 Å². The van der Waals surface area contributed by atoms with Crippen LogP contribution in [-0.2, 0) is 19.1 Å². The molecule has 3 aromatic carbocycles. The average molecular weight is 428 g/mol. The van der Waals surface area contributed by atoms with E-state index in [4.69, 9.17) is 14.2 Å². The monoisotopic (exact) mass is 428 g/mol. The van der Waals surface area contributed by atoms with Gasteiger partial charge in [0.25, 0.3) is 0 Å². The fourth-order valence-electron chi connectivity index (χ4n) is 2.88. The number of carbonyl (C=O) groups excluding carboxylic acids is 2. The second-order valence-corrected chi connectivity index (χ2v) is 6.82. The molecule has 162 valence electrons. The quantitative estimate of drug-likeness (QED) is 0.344. The van der Waals surface area contributed by atoms with Crippen LogP contribution in [0.25, 0.3) is 12.2 Å². The summed E-state index contributed by atoms with van der Waals surface area (Å²) in [6.07, 6.45) is 5.23. The Bertz CT molecular complexity index is 1070. The minimum Gasteiger partial charge on any atom is -0.497 e. The van der Waals surface area contributed by atoms with Crippen molar-refractivity contribution in [2.75, 3.05) is 13.7 Å². The molecule has 1 atom stereocenters. The van der Waals surface area contributed by atoms with Crippen molar-refractivity contribution in [1.82, 2.24) is 0 Å². The van der Waals surface area contributed by atoms with Gasteiger partial charge < -0.3 is 14.2 Å². The minimum absolute atomic E-state index is 0.129. The first-order chi connectivity index (χ1) is 15.6.